The number of nitrogens with zero attached hydrogens (tertiary/aromatic N) is 3. The number of thiazole rings is 1. The van der Waals surface area contributed by atoms with Gasteiger partial charge in [-0.25, -0.2) is 14.6 Å². The number of likely N-dealkylation sites (N-methyl/N-ethyl adjacent to an activating group) is 1. The average molecular weight is 472 g/mol. The van der Waals surface area contributed by atoms with E-state index in [0.29, 0.717) is 6.04 Å². The fraction of sp³-hybridized carbons (Fsp3) is 0.375. The number of para-hydroxylation sites is 2. The van der Waals surface area contributed by atoms with Crippen LogP contribution in [0, 0.1) is 0 Å². The first-order valence-corrected chi connectivity index (χ1v) is 11.7. The normalized spacial score (nSPS) is 15.6. The van der Waals surface area contributed by atoms with E-state index in [1.165, 1.54) is 24.1 Å². The summed E-state index contributed by atoms with van der Waals surface area (Å²) in [6.07, 6.45) is 3.50. The Hall–Kier alpha value is -3.17. The van der Waals surface area contributed by atoms with Crippen molar-refractivity contribution >= 4 is 38.6 Å². The highest BCUT2D eigenvalue weighted by molar-refractivity contribution is 7.22. The molecule has 1 saturated heterocycles. The van der Waals surface area contributed by atoms with Gasteiger partial charge in [-0.1, -0.05) is 41.7 Å². The minimum atomic E-state index is -1.82. The van der Waals surface area contributed by atoms with Crippen molar-refractivity contribution in [1.29, 1.82) is 0 Å². The van der Waals surface area contributed by atoms with Crippen molar-refractivity contribution in [2.45, 2.75) is 25.3 Å². The van der Waals surface area contributed by atoms with Gasteiger partial charge in [0.25, 0.3) is 0 Å². The number of unbranched alkanes of at least 4 members (excludes halogenated alkanes) is 1. The highest BCUT2D eigenvalue weighted by atomic mass is 32.1. The lowest BCUT2D eigenvalue weighted by Crippen LogP contribution is -2.34. The summed E-state index contributed by atoms with van der Waals surface area (Å²) < 4.78 is 7.05. The Morgan fingerprint density at radius 1 is 1.09 bits per heavy atom. The maximum Gasteiger partial charge on any atom is 0.414 e. The summed E-state index contributed by atoms with van der Waals surface area (Å²) >= 11 is 1.80. The largest absolute Gasteiger partial charge is 0.494 e. The number of ether oxygens (including phenoxy) is 1. The van der Waals surface area contributed by atoms with Crippen molar-refractivity contribution < 1.29 is 24.5 Å². The Kier molecular flexibility index (Phi) is 9.03. The summed E-state index contributed by atoms with van der Waals surface area (Å²) in [6, 6.07) is 19.0. The highest BCUT2D eigenvalue weighted by Gasteiger charge is 2.27. The summed E-state index contributed by atoms with van der Waals surface area (Å²) in [7, 11) is 2.19. The van der Waals surface area contributed by atoms with Crippen molar-refractivity contribution in [1.82, 2.24) is 9.88 Å². The second-order valence-electron chi connectivity index (χ2n) is 7.80. The molecule has 3 aromatic rings. The Morgan fingerprint density at radius 3 is 2.48 bits per heavy atom. The van der Waals surface area contributed by atoms with Crippen molar-refractivity contribution in [2.75, 3.05) is 38.2 Å². The number of hydrogen-bond acceptors (Lipinski definition) is 7. The minimum Gasteiger partial charge on any atom is -0.494 e. The topological polar surface area (TPSA) is 103 Å². The third kappa shape index (κ3) is 7.44. The standard InChI is InChI=1S/C22H27N3OS.C2H2O4/c1-24(22-23-20-11-5-6-12-21(20)27-22)18-13-15-25(17-18)14-7-8-16-26-19-9-3-2-4-10-19;3-1(4)2(5)6/h2-6,9-12,18H,7-8,13-17H2,1H3;(H,3,4)(H,5,6). The van der Waals surface area contributed by atoms with E-state index in [2.05, 4.69) is 41.1 Å². The van der Waals surface area contributed by atoms with Crippen LogP contribution in [0.25, 0.3) is 10.2 Å². The molecule has 1 aliphatic rings. The van der Waals surface area contributed by atoms with Crippen LogP contribution in [0.5, 0.6) is 5.75 Å². The molecule has 9 heteroatoms. The van der Waals surface area contributed by atoms with Crippen LogP contribution >= 0.6 is 11.3 Å². The number of fused-ring (bicyclic) bond motifs is 1. The molecule has 1 atom stereocenters. The second kappa shape index (κ2) is 12.2. The van der Waals surface area contributed by atoms with Gasteiger partial charge in [0.2, 0.25) is 0 Å². The maximum absolute atomic E-state index is 9.10. The molecule has 0 radical (unpaired) electrons. The van der Waals surface area contributed by atoms with Crippen molar-refractivity contribution in [2.24, 2.45) is 0 Å². The quantitative estimate of drug-likeness (QED) is 0.378. The molecule has 1 aromatic heterocycles. The zero-order chi connectivity index (χ0) is 23.6. The summed E-state index contributed by atoms with van der Waals surface area (Å²) in [5.74, 6) is -2.68. The Balaban J connectivity index is 0.000000454. The first kappa shape index (κ1) is 24.5. The Bertz CT molecular complexity index is 998. The van der Waals surface area contributed by atoms with E-state index in [4.69, 9.17) is 29.5 Å². The average Bonchev–Trinajstić information content (AvgIpc) is 3.47. The molecule has 8 nitrogen and oxygen atoms in total. The fourth-order valence-corrected chi connectivity index (χ4v) is 4.64. The van der Waals surface area contributed by atoms with Crippen LogP contribution < -0.4 is 9.64 Å². The molecule has 0 aliphatic carbocycles. The number of likely N-dealkylation sites (tertiary alicyclic amines) is 1. The molecule has 0 spiro atoms. The van der Waals surface area contributed by atoms with Gasteiger partial charge in [0.1, 0.15) is 5.75 Å². The summed E-state index contributed by atoms with van der Waals surface area (Å²) in [6.45, 7) is 4.26. The van der Waals surface area contributed by atoms with Crippen LogP contribution in [0.2, 0.25) is 0 Å². The summed E-state index contributed by atoms with van der Waals surface area (Å²) in [5, 5.41) is 15.9. The van der Waals surface area contributed by atoms with E-state index in [1.807, 2.05) is 30.3 Å². The molecule has 4 rings (SSSR count). The predicted octanol–water partition coefficient (Wildman–Crippen LogP) is 3.82. The van der Waals surface area contributed by atoms with Crippen LogP contribution in [0.1, 0.15) is 19.3 Å². The molecule has 0 saturated carbocycles. The lowest BCUT2D eigenvalue weighted by atomic mass is 10.2. The van der Waals surface area contributed by atoms with E-state index >= 15 is 0 Å². The van der Waals surface area contributed by atoms with Gasteiger partial charge in [-0.05, 0) is 50.1 Å². The third-order valence-corrected chi connectivity index (χ3v) is 6.57. The lowest BCUT2D eigenvalue weighted by Gasteiger charge is -2.24. The molecule has 33 heavy (non-hydrogen) atoms. The SMILES string of the molecule is CN(c1nc2ccccc2s1)C1CCN(CCCCOc2ccccc2)C1.O=C(O)C(=O)O. The van der Waals surface area contributed by atoms with Crippen molar-refractivity contribution in [3.63, 3.8) is 0 Å². The molecular weight excluding hydrogens is 442 g/mol. The molecule has 0 amide bonds. The molecule has 2 N–H and O–H groups in total. The number of benzene rings is 2. The molecule has 2 aromatic carbocycles. The maximum atomic E-state index is 9.10. The molecule has 1 fully saturated rings. The summed E-state index contributed by atoms with van der Waals surface area (Å²) in [4.78, 5) is 28.0. The zero-order valence-electron chi connectivity index (χ0n) is 18.6. The second-order valence-corrected chi connectivity index (χ2v) is 8.81. The van der Waals surface area contributed by atoms with E-state index < -0.39 is 11.9 Å². The molecule has 0 bridgehead atoms. The first-order valence-electron chi connectivity index (χ1n) is 10.9. The molecule has 1 unspecified atom stereocenters. The third-order valence-electron chi connectivity index (χ3n) is 5.44. The Labute approximate surface area is 197 Å². The van der Waals surface area contributed by atoms with E-state index in [9.17, 15) is 0 Å². The van der Waals surface area contributed by atoms with Gasteiger partial charge >= 0.3 is 11.9 Å². The van der Waals surface area contributed by atoms with Gasteiger partial charge < -0.3 is 24.7 Å². The number of carboxylic acid groups (broad SMARTS) is 2. The monoisotopic (exact) mass is 471 g/mol. The van der Waals surface area contributed by atoms with Crippen LogP contribution in [0.15, 0.2) is 54.6 Å². The molecule has 1 aliphatic heterocycles. The van der Waals surface area contributed by atoms with Crippen LogP contribution in [-0.2, 0) is 9.59 Å². The predicted molar refractivity (Wildman–Crippen MR) is 129 cm³/mol. The number of hydrogen-bond donors (Lipinski definition) is 2. The zero-order valence-corrected chi connectivity index (χ0v) is 19.4. The lowest BCUT2D eigenvalue weighted by molar-refractivity contribution is -0.159. The number of aliphatic carboxylic acids is 2. The van der Waals surface area contributed by atoms with Gasteiger partial charge in [0.15, 0.2) is 5.13 Å². The van der Waals surface area contributed by atoms with Gasteiger partial charge in [-0.3, -0.25) is 0 Å². The smallest absolute Gasteiger partial charge is 0.414 e. The Morgan fingerprint density at radius 2 is 1.79 bits per heavy atom. The van der Waals surface area contributed by atoms with Crippen LogP contribution in [-0.4, -0.2) is 71.4 Å². The van der Waals surface area contributed by atoms with Crippen LogP contribution in [0.3, 0.4) is 0 Å². The van der Waals surface area contributed by atoms with Gasteiger partial charge in [-0.15, -0.1) is 0 Å². The van der Waals surface area contributed by atoms with Crippen LogP contribution in [0.4, 0.5) is 5.13 Å². The van der Waals surface area contributed by atoms with E-state index in [0.717, 1.165) is 42.5 Å². The minimum absolute atomic E-state index is 0.561. The molecule has 176 valence electrons. The fourth-order valence-electron chi connectivity index (χ4n) is 3.64. The first-order chi connectivity index (χ1) is 15.9. The summed E-state index contributed by atoms with van der Waals surface area (Å²) in [5.41, 5.74) is 1.11. The molecule has 2 heterocycles. The van der Waals surface area contributed by atoms with Gasteiger partial charge in [0, 0.05) is 26.2 Å². The number of aromatic nitrogens is 1. The highest BCUT2D eigenvalue weighted by Crippen LogP contribution is 2.30. The van der Waals surface area contributed by atoms with E-state index in [1.54, 1.807) is 11.3 Å². The number of carboxylic acids is 2. The van der Waals surface area contributed by atoms with Crippen molar-refractivity contribution in [3.8, 4) is 5.75 Å². The number of anilines is 1. The number of carbonyl (C=O) groups is 2. The van der Waals surface area contributed by atoms with Gasteiger partial charge in [-0.2, -0.15) is 0 Å². The molecular formula is C24H29N3O5S. The number of rotatable bonds is 8. The van der Waals surface area contributed by atoms with E-state index in [-0.39, 0.29) is 0 Å². The van der Waals surface area contributed by atoms with Crippen molar-refractivity contribution in [3.05, 3.63) is 54.6 Å². The van der Waals surface area contributed by atoms with Gasteiger partial charge in [0.05, 0.1) is 16.8 Å².